The Labute approximate surface area is 356 Å². The molecule has 0 aliphatic heterocycles. The highest BCUT2D eigenvalue weighted by Crippen LogP contribution is 2.54. The van der Waals surface area contributed by atoms with E-state index in [2.05, 4.69) is 201 Å². The van der Waals surface area contributed by atoms with E-state index < -0.39 is 0 Å². The van der Waals surface area contributed by atoms with Crippen LogP contribution in [0, 0.1) is 0 Å². The smallest absolute Gasteiger partial charge is 0.159 e. The van der Waals surface area contributed by atoms with E-state index in [1.165, 1.54) is 42.4 Å². The molecule has 0 saturated carbocycles. The van der Waals surface area contributed by atoms with E-state index in [1.54, 1.807) is 0 Å². The summed E-state index contributed by atoms with van der Waals surface area (Å²) in [5.74, 6) is 0. The van der Waals surface area contributed by atoms with Gasteiger partial charge in [-0.25, -0.2) is 0 Å². The molecule has 0 N–H and O–H groups in total. The van der Waals surface area contributed by atoms with Crippen LogP contribution >= 0.6 is 11.3 Å². The number of hydrogen-bond acceptors (Lipinski definition) is 4. The second kappa shape index (κ2) is 12.8. The lowest BCUT2D eigenvalue weighted by Crippen LogP contribution is -2.17. The third kappa shape index (κ3) is 4.91. The average Bonchev–Trinajstić information content (AvgIpc) is 4.05. The maximum atomic E-state index is 7.49. The van der Waals surface area contributed by atoms with Crippen LogP contribution in [0.15, 0.2) is 197 Å². The molecule has 0 spiro atoms. The molecule has 0 unspecified atom stereocenters. The molecule has 1 aliphatic carbocycles. The van der Waals surface area contributed by atoms with E-state index in [0.29, 0.717) is 0 Å². The van der Waals surface area contributed by atoms with E-state index in [-0.39, 0.29) is 5.41 Å². The van der Waals surface area contributed by atoms with Crippen LogP contribution in [-0.4, -0.2) is 0 Å². The fourth-order valence-electron chi connectivity index (χ4n) is 10.3. The van der Waals surface area contributed by atoms with Crippen LogP contribution in [-0.2, 0) is 5.41 Å². The maximum Gasteiger partial charge on any atom is 0.159 e. The number of fused-ring (bicyclic) bond motifs is 12. The molecular weight excluding hydrogens is 763 g/mol. The van der Waals surface area contributed by atoms with Crippen LogP contribution in [0.1, 0.15) is 25.0 Å². The Kier molecular flexibility index (Phi) is 7.23. The molecule has 3 nitrogen and oxygen atoms in total. The molecule has 0 saturated heterocycles. The molecule has 0 bridgehead atoms. The minimum Gasteiger partial charge on any atom is -0.456 e. The fraction of sp³-hybridized carbons (Fsp3) is 0.0526. The predicted molar refractivity (Wildman–Crippen MR) is 257 cm³/mol. The lowest BCUT2D eigenvalue weighted by atomic mass is 9.82. The highest BCUT2D eigenvalue weighted by atomic mass is 32.1. The highest BCUT2D eigenvalue weighted by Gasteiger charge is 2.36. The van der Waals surface area contributed by atoms with Gasteiger partial charge in [0.25, 0.3) is 0 Å². The molecule has 0 amide bonds. The lowest BCUT2D eigenvalue weighted by molar-refractivity contribution is 0.660. The van der Waals surface area contributed by atoms with Gasteiger partial charge in [0.15, 0.2) is 5.58 Å². The van der Waals surface area contributed by atoms with Crippen molar-refractivity contribution in [3.8, 4) is 33.4 Å². The van der Waals surface area contributed by atoms with Crippen LogP contribution < -0.4 is 4.90 Å². The molecule has 13 rings (SSSR count). The van der Waals surface area contributed by atoms with Crippen LogP contribution in [0.4, 0.5) is 17.1 Å². The second-order valence-corrected chi connectivity index (χ2v) is 17.8. The third-order valence-corrected chi connectivity index (χ3v) is 14.3. The summed E-state index contributed by atoms with van der Waals surface area (Å²) < 4.78 is 16.7. The van der Waals surface area contributed by atoms with Gasteiger partial charge < -0.3 is 13.7 Å². The Balaban J connectivity index is 1.13. The van der Waals surface area contributed by atoms with Gasteiger partial charge in [-0.3, -0.25) is 0 Å². The summed E-state index contributed by atoms with van der Waals surface area (Å²) in [4.78, 5) is 2.41. The van der Waals surface area contributed by atoms with Crippen molar-refractivity contribution in [1.29, 1.82) is 0 Å². The normalized spacial score (nSPS) is 13.2. The molecule has 288 valence electrons. The first kappa shape index (κ1) is 34.5. The van der Waals surface area contributed by atoms with E-state index >= 15 is 0 Å². The first-order chi connectivity index (χ1) is 30.0. The third-order valence-electron chi connectivity index (χ3n) is 13.1. The Morgan fingerprint density at radius 2 is 1.11 bits per heavy atom. The summed E-state index contributed by atoms with van der Waals surface area (Å²) in [5, 5.41) is 6.73. The largest absolute Gasteiger partial charge is 0.456 e. The van der Waals surface area contributed by atoms with Gasteiger partial charge in [-0.05, 0) is 70.3 Å². The van der Waals surface area contributed by atoms with Crippen molar-refractivity contribution < 1.29 is 8.83 Å². The number of furan rings is 2. The monoisotopic (exact) mass is 799 g/mol. The summed E-state index contributed by atoms with van der Waals surface area (Å²) in [6.45, 7) is 4.70. The van der Waals surface area contributed by atoms with E-state index in [1.807, 2.05) is 17.4 Å². The molecule has 1 aliphatic rings. The summed E-state index contributed by atoms with van der Waals surface area (Å²) in [6.07, 6.45) is 0. The molecule has 9 aromatic carbocycles. The van der Waals surface area contributed by atoms with Crippen molar-refractivity contribution in [2.24, 2.45) is 0 Å². The van der Waals surface area contributed by atoms with Gasteiger partial charge in [-0.1, -0.05) is 159 Å². The zero-order valence-electron chi connectivity index (χ0n) is 33.6. The van der Waals surface area contributed by atoms with Crippen LogP contribution in [0.5, 0.6) is 0 Å². The topological polar surface area (TPSA) is 29.5 Å². The first-order valence-corrected chi connectivity index (χ1v) is 21.7. The zero-order valence-corrected chi connectivity index (χ0v) is 34.4. The molecule has 61 heavy (non-hydrogen) atoms. The molecule has 3 aromatic heterocycles. The van der Waals surface area contributed by atoms with Crippen molar-refractivity contribution >= 4 is 92.4 Å². The number of nitrogens with zero attached hydrogens (tertiary/aromatic N) is 1. The molecule has 12 aromatic rings. The van der Waals surface area contributed by atoms with E-state index in [0.717, 1.165) is 83.2 Å². The average molecular weight is 800 g/mol. The zero-order chi connectivity index (χ0) is 40.4. The van der Waals surface area contributed by atoms with Crippen molar-refractivity contribution in [2.75, 3.05) is 4.90 Å². The van der Waals surface area contributed by atoms with E-state index in [4.69, 9.17) is 8.83 Å². The standard InChI is InChI=1S/C57H37NO2S/c1-57(2)45-25-10-6-19-37(45)38-31-30-35(32-46(38)57)58(47-26-11-7-18-36(47)34-16-4-3-5-17-34)48-27-15-22-40-44-33-50-52(42-21-8-12-28-49(42)59-50)53(55(44)60-54(40)48)43-24-14-23-41-39-20-9-13-29-51(39)61-56(41)43/h3-33H,1-2H3. The minimum atomic E-state index is -0.169. The van der Waals surface area contributed by atoms with Crippen molar-refractivity contribution in [1.82, 2.24) is 0 Å². The summed E-state index contributed by atoms with van der Waals surface area (Å²) >= 11 is 1.84. The number of anilines is 3. The van der Waals surface area contributed by atoms with Crippen LogP contribution in [0.25, 0.3) is 97.4 Å². The highest BCUT2D eigenvalue weighted by molar-refractivity contribution is 7.26. The van der Waals surface area contributed by atoms with Crippen molar-refractivity contribution in [3.05, 3.63) is 199 Å². The summed E-state index contributed by atoms with van der Waals surface area (Å²) in [7, 11) is 0. The van der Waals surface area contributed by atoms with Gasteiger partial charge in [-0.15, -0.1) is 11.3 Å². The Morgan fingerprint density at radius 3 is 2.02 bits per heavy atom. The Hall–Kier alpha value is -7.40. The number of rotatable bonds is 5. The molecule has 0 radical (unpaired) electrons. The van der Waals surface area contributed by atoms with E-state index in [9.17, 15) is 0 Å². The van der Waals surface area contributed by atoms with Crippen LogP contribution in [0.3, 0.4) is 0 Å². The van der Waals surface area contributed by atoms with Gasteiger partial charge >= 0.3 is 0 Å². The Morgan fingerprint density at radius 1 is 0.443 bits per heavy atom. The lowest BCUT2D eigenvalue weighted by Gasteiger charge is -2.29. The van der Waals surface area contributed by atoms with Crippen molar-refractivity contribution in [3.63, 3.8) is 0 Å². The van der Waals surface area contributed by atoms with Crippen LogP contribution in [0.2, 0.25) is 0 Å². The molecule has 0 atom stereocenters. The first-order valence-electron chi connectivity index (χ1n) is 20.9. The number of thiophene rings is 1. The van der Waals surface area contributed by atoms with Gasteiger partial charge in [0, 0.05) is 69.5 Å². The molecule has 3 heterocycles. The predicted octanol–water partition coefficient (Wildman–Crippen LogP) is 17.0. The SMILES string of the molecule is CC1(C)c2ccccc2-c2ccc(N(c3ccccc3-c3ccccc3)c3cccc4c3oc3c(-c5cccc6c5sc5ccccc56)c5c(cc34)oc3ccccc35)cc21. The number of hydrogen-bond donors (Lipinski definition) is 0. The number of benzene rings is 9. The summed E-state index contributed by atoms with van der Waals surface area (Å²) in [6, 6.07) is 67.9. The second-order valence-electron chi connectivity index (χ2n) is 16.8. The quantitative estimate of drug-likeness (QED) is 0.174. The molecule has 0 fully saturated rings. The Bertz CT molecular complexity index is 3750. The molecular formula is C57H37NO2S. The maximum absolute atomic E-state index is 7.49. The van der Waals surface area contributed by atoms with Gasteiger partial charge in [0.1, 0.15) is 16.7 Å². The fourth-order valence-corrected chi connectivity index (χ4v) is 11.5. The van der Waals surface area contributed by atoms with Gasteiger partial charge in [0.2, 0.25) is 0 Å². The number of para-hydroxylation sites is 3. The molecule has 4 heteroatoms. The van der Waals surface area contributed by atoms with Gasteiger partial charge in [-0.2, -0.15) is 0 Å². The minimum absolute atomic E-state index is 0.169. The van der Waals surface area contributed by atoms with Crippen molar-refractivity contribution in [2.45, 2.75) is 19.3 Å². The summed E-state index contributed by atoms with van der Waals surface area (Å²) in [5.41, 5.74) is 16.1. The van der Waals surface area contributed by atoms with Gasteiger partial charge in [0.05, 0.1) is 11.4 Å².